The molecule has 18 heavy (non-hydrogen) atoms. The third-order valence-electron chi connectivity index (χ3n) is 3.20. The number of hydrogen-bond acceptors (Lipinski definition) is 1. The van der Waals surface area contributed by atoms with Crippen LogP contribution >= 0.6 is 15.9 Å². The lowest BCUT2D eigenvalue weighted by Gasteiger charge is -2.06. The summed E-state index contributed by atoms with van der Waals surface area (Å²) in [4.78, 5) is 0. The Kier molecular flexibility index (Phi) is 3.85. The number of benzene rings is 1. The van der Waals surface area contributed by atoms with E-state index in [2.05, 4.69) is 34.9 Å². The van der Waals surface area contributed by atoms with Crippen molar-refractivity contribution in [2.24, 2.45) is 0 Å². The van der Waals surface area contributed by atoms with E-state index < -0.39 is 0 Å². The SMILES string of the molecule is CCc1c(C)nn(Cc2ccc(F)c(Br)c2)c1C. The smallest absolute Gasteiger partial charge is 0.137 e. The summed E-state index contributed by atoms with van der Waals surface area (Å²) in [6.07, 6.45) is 0.991. The molecule has 2 rings (SSSR count). The molecule has 0 saturated carbocycles. The number of halogens is 2. The Morgan fingerprint density at radius 2 is 2.06 bits per heavy atom. The first kappa shape index (κ1) is 13.3. The molecule has 0 atom stereocenters. The first-order valence-electron chi connectivity index (χ1n) is 5.99. The molecule has 1 aromatic carbocycles. The van der Waals surface area contributed by atoms with E-state index in [0.29, 0.717) is 11.0 Å². The molecule has 0 aliphatic rings. The highest BCUT2D eigenvalue weighted by Gasteiger charge is 2.10. The Morgan fingerprint density at radius 3 is 2.61 bits per heavy atom. The molecular formula is C14H16BrFN2. The summed E-state index contributed by atoms with van der Waals surface area (Å²) in [6, 6.07) is 5.07. The van der Waals surface area contributed by atoms with Gasteiger partial charge in [0.25, 0.3) is 0 Å². The predicted octanol–water partition coefficient (Wildman–Crippen LogP) is 4.01. The summed E-state index contributed by atoms with van der Waals surface area (Å²) in [5, 5.41) is 4.54. The largest absolute Gasteiger partial charge is 0.265 e. The summed E-state index contributed by atoms with van der Waals surface area (Å²) < 4.78 is 15.6. The van der Waals surface area contributed by atoms with Gasteiger partial charge in [0.15, 0.2) is 0 Å². The van der Waals surface area contributed by atoms with E-state index in [1.807, 2.05) is 11.6 Å². The van der Waals surface area contributed by atoms with Gasteiger partial charge in [-0.2, -0.15) is 5.10 Å². The van der Waals surface area contributed by atoms with Gasteiger partial charge in [-0.15, -0.1) is 0 Å². The van der Waals surface area contributed by atoms with Crippen molar-refractivity contribution < 1.29 is 4.39 Å². The maximum absolute atomic E-state index is 13.2. The first-order chi connectivity index (χ1) is 8.52. The van der Waals surface area contributed by atoms with Crippen LogP contribution in [0.2, 0.25) is 0 Å². The molecule has 96 valence electrons. The molecular weight excluding hydrogens is 295 g/mol. The third-order valence-corrected chi connectivity index (χ3v) is 3.81. The molecule has 2 aromatic rings. The van der Waals surface area contributed by atoms with Gasteiger partial charge in [-0.05, 0) is 59.5 Å². The normalized spacial score (nSPS) is 10.9. The molecule has 1 heterocycles. The first-order valence-corrected chi connectivity index (χ1v) is 6.79. The van der Waals surface area contributed by atoms with Gasteiger partial charge in [0.2, 0.25) is 0 Å². The Hall–Kier alpha value is -1.16. The zero-order valence-electron chi connectivity index (χ0n) is 10.8. The van der Waals surface area contributed by atoms with Crippen molar-refractivity contribution in [2.75, 3.05) is 0 Å². The minimum absolute atomic E-state index is 0.235. The maximum Gasteiger partial charge on any atom is 0.137 e. The molecule has 0 radical (unpaired) electrons. The Balaban J connectivity index is 2.31. The molecule has 0 fully saturated rings. The summed E-state index contributed by atoms with van der Waals surface area (Å²) in [5.74, 6) is -0.235. The molecule has 0 unspecified atom stereocenters. The van der Waals surface area contributed by atoms with Gasteiger partial charge >= 0.3 is 0 Å². The van der Waals surface area contributed by atoms with Crippen LogP contribution in [0.1, 0.15) is 29.4 Å². The van der Waals surface area contributed by atoms with Gasteiger partial charge < -0.3 is 0 Å². The Labute approximate surface area is 115 Å². The second-order valence-corrected chi connectivity index (χ2v) is 5.26. The molecule has 0 saturated heterocycles. The Morgan fingerprint density at radius 1 is 1.33 bits per heavy atom. The van der Waals surface area contributed by atoms with Crippen LogP contribution in [-0.2, 0) is 13.0 Å². The van der Waals surface area contributed by atoms with E-state index in [-0.39, 0.29) is 5.82 Å². The van der Waals surface area contributed by atoms with Crippen LogP contribution in [-0.4, -0.2) is 9.78 Å². The van der Waals surface area contributed by atoms with E-state index in [0.717, 1.165) is 17.7 Å². The van der Waals surface area contributed by atoms with E-state index in [9.17, 15) is 4.39 Å². The van der Waals surface area contributed by atoms with E-state index in [4.69, 9.17) is 0 Å². The van der Waals surface area contributed by atoms with Crippen LogP contribution < -0.4 is 0 Å². The average Bonchev–Trinajstić information content (AvgIpc) is 2.59. The second kappa shape index (κ2) is 5.22. The zero-order chi connectivity index (χ0) is 13.3. The lowest BCUT2D eigenvalue weighted by atomic mass is 10.1. The highest BCUT2D eigenvalue weighted by Crippen LogP contribution is 2.19. The molecule has 0 aliphatic heterocycles. The van der Waals surface area contributed by atoms with Crippen molar-refractivity contribution in [3.63, 3.8) is 0 Å². The van der Waals surface area contributed by atoms with E-state index in [1.54, 1.807) is 12.1 Å². The molecule has 0 spiro atoms. The highest BCUT2D eigenvalue weighted by atomic mass is 79.9. The quantitative estimate of drug-likeness (QED) is 0.837. The topological polar surface area (TPSA) is 17.8 Å². The zero-order valence-corrected chi connectivity index (χ0v) is 12.4. The average molecular weight is 311 g/mol. The van der Waals surface area contributed by atoms with Crippen molar-refractivity contribution in [3.8, 4) is 0 Å². The van der Waals surface area contributed by atoms with Crippen molar-refractivity contribution >= 4 is 15.9 Å². The molecule has 4 heteroatoms. The van der Waals surface area contributed by atoms with Gasteiger partial charge in [0, 0.05) is 5.69 Å². The molecule has 2 nitrogen and oxygen atoms in total. The van der Waals surface area contributed by atoms with Crippen LogP contribution in [0.3, 0.4) is 0 Å². The van der Waals surface area contributed by atoms with Crippen molar-refractivity contribution in [1.82, 2.24) is 9.78 Å². The van der Waals surface area contributed by atoms with Gasteiger partial charge in [-0.1, -0.05) is 13.0 Å². The summed E-state index contributed by atoms with van der Waals surface area (Å²) in [5.41, 5.74) is 4.61. The molecule has 0 aliphatic carbocycles. The van der Waals surface area contributed by atoms with Crippen LogP contribution in [0, 0.1) is 19.7 Å². The van der Waals surface area contributed by atoms with Crippen LogP contribution in [0.4, 0.5) is 4.39 Å². The van der Waals surface area contributed by atoms with Gasteiger partial charge in [-0.3, -0.25) is 4.68 Å². The fourth-order valence-electron chi connectivity index (χ4n) is 2.21. The van der Waals surface area contributed by atoms with Crippen molar-refractivity contribution in [2.45, 2.75) is 33.7 Å². The summed E-state index contributed by atoms with van der Waals surface area (Å²) in [7, 11) is 0. The molecule has 0 amide bonds. The number of aromatic nitrogens is 2. The van der Waals surface area contributed by atoms with Gasteiger partial charge in [0.05, 0.1) is 16.7 Å². The minimum Gasteiger partial charge on any atom is -0.265 e. The minimum atomic E-state index is -0.235. The predicted molar refractivity (Wildman–Crippen MR) is 74.3 cm³/mol. The van der Waals surface area contributed by atoms with Crippen molar-refractivity contribution in [3.05, 3.63) is 51.0 Å². The Bertz CT molecular complexity index is 575. The fourth-order valence-corrected chi connectivity index (χ4v) is 2.64. The maximum atomic E-state index is 13.2. The van der Waals surface area contributed by atoms with Crippen LogP contribution in [0.5, 0.6) is 0 Å². The lowest BCUT2D eigenvalue weighted by Crippen LogP contribution is -2.04. The second-order valence-electron chi connectivity index (χ2n) is 4.41. The van der Waals surface area contributed by atoms with Crippen LogP contribution in [0.15, 0.2) is 22.7 Å². The number of rotatable bonds is 3. The number of hydrogen-bond donors (Lipinski definition) is 0. The van der Waals surface area contributed by atoms with Gasteiger partial charge in [0.1, 0.15) is 5.82 Å². The van der Waals surface area contributed by atoms with Crippen LogP contribution in [0.25, 0.3) is 0 Å². The van der Waals surface area contributed by atoms with E-state index >= 15 is 0 Å². The molecule has 0 N–H and O–H groups in total. The fraction of sp³-hybridized carbons (Fsp3) is 0.357. The van der Waals surface area contributed by atoms with E-state index in [1.165, 1.54) is 17.3 Å². The summed E-state index contributed by atoms with van der Waals surface area (Å²) in [6.45, 7) is 6.92. The standard InChI is InChI=1S/C14H16BrFN2/c1-4-12-9(2)17-18(10(12)3)8-11-5-6-14(16)13(15)7-11/h5-7H,4,8H2,1-3H3. The lowest BCUT2D eigenvalue weighted by molar-refractivity contribution is 0.616. The highest BCUT2D eigenvalue weighted by molar-refractivity contribution is 9.10. The number of nitrogens with zero attached hydrogens (tertiary/aromatic N) is 2. The molecule has 1 aromatic heterocycles. The molecule has 0 bridgehead atoms. The third kappa shape index (κ3) is 2.48. The monoisotopic (exact) mass is 310 g/mol. The van der Waals surface area contributed by atoms with Crippen molar-refractivity contribution in [1.29, 1.82) is 0 Å². The van der Waals surface area contributed by atoms with Gasteiger partial charge in [-0.25, -0.2) is 4.39 Å². The number of aryl methyl sites for hydroxylation is 1. The summed E-state index contributed by atoms with van der Waals surface area (Å²) >= 11 is 3.21.